The molecular formula is C9H10FNSi. The molecule has 0 bridgehead atoms. The fourth-order valence-corrected chi connectivity index (χ4v) is 2.26. The van der Waals surface area contributed by atoms with Crippen LogP contribution >= 0.6 is 0 Å². The van der Waals surface area contributed by atoms with E-state index in [9.17, 15) is 4.11 Å². The lowest BCUT2D eigenvalue weighted by atomic mass is 10.1. The van der Waals surface area contributed by atoms with Gasteiger partial charge in [0.05, 0.1) is 0 Å². The third kappa shape index (κ3) is 1.05. The second kappa shape index (κ2) is 2.90. The van der Waals surface area contributed by atoms with Crippen LogP contribution < -0.4 is 4.57 Å². The Kier molecular flexibility index (Phi) is 1.88. The van der Waals surface area contributed by atoms with Crippen molar-refractivity contribution in [3.05, 3.63) is 29.8 Å². The second-order valence-corrected chi connectivity index (χ2v) is 3.79. The predicted molar refractivity (Wildman–Crippen MR) is 48.9 cm³/mol. The van der Waals surface area contributed by atoms with Crippen LogP contribution in [0.5, 0.6) is 0 Å². The Balaban J connectivity index is 2.40. The number of halogens is 1. The molecule has 1 heterocycles. The van der Waals surface area contributed by atoms with E-state index in [2.05, 4.69) is 13.0 Å². The molecule has 3 heteroatoms. The number of benzene rings is 1. The highest BCUT2D eigenvalue weighted by Crippen LogP contribution is 2.30. The number of hydrogen-bond acceptors (Lipinski definition) is 1. The summed E-state index contributed by atoms with van der Waals surface area (Å²) in [6.07, 6.45) is 0.979. The summed E-state index contributed by atoms with van der Waals surface area (Å²) in [5.74, 6) is 0. The zero-order chi connectivity index (χ0) is 8.55. The molecule has 0 saturated heterocycles. The van der Waals surface area contributed by atoms with Crippen LogP contribution in [0.25, 0.3) is 0 Å². The maximum Gasteiger partial charge on any atom is 0.438 e. The molecule has 1 aliphatic heterocycles. The molecule has 1 aromatic rings. The van der Waals surface area contributed by atoms with Crippen LogP contribution in [0.4, 0.5) is 9.80 Å². The van der Waals surface area contributed by atoms with Crippen molar-refractivity contribution >= 4 is 15.7 Å². The molecule has 0 aromatic heterocycles. The standard InChI is InChI=1S/C9H10FNSi/c1-7-6-8-4-2-3-5-9(8)11(7)12-10/h2-5,7H,6H2,1H3. The van der Waals surface area contributed by atoms with Crippen LogP contribution in [0.1, 0.15) is 12.5 Å². The Bertz CT molecular complexity index is 290. The van der Waals surface area contributed by atoms with Gasteiger partial charge < -0.3 is 4.57 Å². The van der Waals surface area contributed by atoms with Crippen molar-refractivity contribution in [2.45, 2.75) is 19.4 Å². The number of fused-ring (bicyclic) bond motifs is 1. The number of para-hydroxylation sites is 1. The molecule has 0 amide bonds. The van der Waals surface area contributed by atoms with Crippen LogP contribution in [0, 0.1) is 0 Å². The first-order valence-electron chi connectivity index (χ1n) is 4.06. The smallest absolute Gasteiger partial charge is 0.368 e. The van der Waals surface area contributed by atoms with E-state index < -0.39 is 10.0 Å². The van der Waals surface area contributed by atoms with Crippen molar-refractivity contribution in [1.82, 2.24) is 0 Å². The SMILES string of the molecule is CC1Cc2ccccc2N1[Si]F. The lowest BCUT2D eigenvalue weighted by Gasteiger charge is -2.18. The summed E-state index contributed by atoms with van der Waals surface area (Å²) in [6.45, 7) is 2.06. The average molecular weight is 179 g/mol. The minimum absolute atomic E-state index is 0.325. The zero-order valence-corrected chi connectivity index (χ0v) is 7.92. The molecule has 0 saturated carbocycles. The van der Waals surface area contributed by atoms with Gasteiger partial charge in [0.25, 0.3) is 0 Å². The van der Waals surface area contributed by atoms with Gasteiger partial charge in [-0.25, -0.2) is 0 Å². The summed E-state index contributed by atoms with van der Waals surface area (Å²) in [6, 6.07) is 8.36. The van der Waals surface area contributed by atoms with Crippen LogP contribution in [0.15, 0.2) is 24.3 Å². The van der Waals surface area contributed by atoms with Gasteiger partial charge in [0.2, 0.25) is 0 Å². The van der Waals surface area contributed by atoms with Gasteiger partial charge in [-0.15, -0.1) is 0 Å². The van der Waals surface area contributed by atoms with Gasteiger partial charge >= 0.3 is 10.0 Å². The van der Waals surface area contributed by atoms with Crippen molar-refractivity contribution in [2.24, 2.45) is 0 Å². The van der Waals surface area contributed by atoms with Crippen molar-refractivity contribution < 1.29 is 4.11 Å². The number of nitrogens with zero attached hydrogens (tertiary/aromatic N) is 1. The fourth-order valence-electron chi connectivity index (χ4n) is 1.69. The predicted octanol–water partition coefficient (Wildman–Crippen LogP) is 1.94. The highest BCUT2D eigenvalue weighted by atomic mass is 28.3. The number of hydrogen-bond donors (Lipinski definition) is 0. The minimum Gasteiger partial charge on any atom is -0.368 e. The molecule has 0 N–H and O–H groups in total. The first kappa shape index (κ1) is 7.80. The highest BCUT2D eigenvalue weighted by molar-refractivity contribution is 6.34. The molecule has 0 fully saturated rings. The lowest BCUT2D eigenvalue weighted by Crippen LogP contribution is -2.30. The van der Waals surface area contributed by atoms with Gasteiger partial charge in [0.15, 0.2) is 0 Å². The Labute approximate surface area is 74.3 Å². The van der Waals surface area contributed by atoms with Crippen LogP contribution in [0.3, 0.4) is 0 Å². The van der Waals surface area contributed by atoms with E-state index in [1.807, 2.05) is 22.8 Å². The first-order valence-corrected chi connectivity index (χ1v) is 4.89. The van der Waals surface area contributed by atoms with E-state index in [-0.39, 0.29) is 0 Å². The molecule has 62 valence electrons. The molecule has 1 aliphatic rings. The molecule has 1 atom stereocenters. The van der Waals surface area contributed by atoms with E-state index in [4.69, 9.17) is 0 Å². The maximum atomic E-state index is 12.6. The molecule has 2 rings (SSSR count). The quantitative estimate of drug-likeness (QED) is 0.470. The summed E-state index contributed by atoms with van der Waals surface area (Å²) in [4.78, 5) is 0. The minimum atomic E-state index is -0.608. The lowest BCUT2D eigenvalue weighted by molar-refractivity contribution is 0.744. The summed E-state index contributed by atoms with van der Waals surface area (Å²) < 4.78 is 14.4. The van der Waals surface area contributed by atoms with E-state index in [0.717, 1.165) is 12.1 Å². The second-order valence-electron chi connectivity index (χ2n) is 3.14. The number of rotatable bonds is 1. The van der Waals surface area contributed by atoms with E-state index >= 15 is 0 Å². The van der Waals surface area contributed by atoms with Crippen LogP contribution in [0.2, 0.25) is 0 Å². The van der Waals surface area contributed by atoms with E-state index in [1.54, 1.807) is 0 Å². The van der Waals surface area contributed by atoms with Gasteiger partial charge in [0.1, 0.15) is 0 Å². The van der Waals surface area contributed by atoms with Crippen LogP contribution in [-0.2, 0) is 6.42 Å². The summed E-state index contributed by atoms with van der Waals surface area (Å²) in [5, 5.41) is 0. The Morgan fingerprint density at radius 2 is 2.25 bits per heavy atom. The third-order valence-corrected chi connectivity index (χ3v) is 3.16. The van der Waals surface area contributed by atoms with Gasteiger partial charge in [-0.2, -0.15) is 0 Å². The molecule has 0 spiro atoms. The van der Waals surface area contributed by atoms with E-state index in [0.29, 0.717) is 6.04 Å². The van der Waals surface area contributed by atoms with Gasteiger partial charge in [-0.1, -0.05) is 18.2 Å². The van der Waals surface area contributed by atoms with Gasteiger partial charge in [0, 0.05) is 11.7 Å². The third-order valence-electron chi connectivity index (χ3n) is 2.30. The summed E-state index contributed by atoms with van der Waals surface area (Å²) >= 11 is 0. The molecule has 12 heavy (non-hydrogen) atoms. The molecular weight excluding hydrogens is 169 g/mol. The molecule has 2 radical (unpaired) electrons. The largest absolute Gasteiger partial charge is 0.438 e. The first-order chi connectivity index (χ1) is 5.83. The maximum absolute atomic E-state index is 12.6. The van der Waals surface area contributed by atoms with Crippen molar-refractivity contribution in [1.29, 1.82) is 0 Å². The van der Waals surface area contributed by atoms with Crippen molar-refractivity contribution in [3.8, 4) is 0 Å². The zero-order valence-electron chi connectivity index (χ0n) is 6.92. The van der Waals surface area contributed by atoms with E-state index in [1.165, 1.54) is 5.56 Å². The monoisotopic (exact) mass is 179 g/mol. The summed E-state index contributed by atoms with van der Waals surface area (Å²) in [5.41, 5.74) is 2.35. The summed E-state index contributed by atoms with van der Waals surface area (Å²) in [7, 11) is -0.608. The normalized spacial score (nSPS) is 21.2. The Morgan fingerprint density at radius 3 is 3.00 bits per heavy atom. The van der Waals surface area contributed by atoms with Gasteiger partial charge in [-0.05, 0) is 25.0 Å². The number of anilines is 1. The van der Waals surface area contributed by atoms with Crippen molar-refractivity contribution in [2.75, 3.05) is 4.57 Å². The molecule has 1 aromatic carbocycles. The molecule has 1 nitrogen and oxygen atoms in total. The van der Waals surface area contributed by atoms with Crippen LogP contribution in [-0.4, -0.2) is 16.1 Å². The Morgan fingerprint density at radius 1 is 1.50 bits per heavy atom. The van der Waals surface area contributed by atoms with Gasteiger partial charge in [-0.3, -0.25) is 4.11 Å². The van der Waals surface area contributed by atoms with Crippen molar-refractivity contribution in [3.63, 3.8) is 0 Å². The highest BCUT2D eigenvalue weighted by Gasteiger charge is 2.25. The fraction of sp³-hybridized carbons (Fsp3) is 0.333. The topological polar surface area (TPSA) is 3.24 Å². The molecule has 0 aliphatic carbocycles. The Hall–Kier alpha value is -0.833. The average Bonchev–Trinajstić information content (AvgIpc) is 2.40. The molecule has 1 unspecified atom stereocenters.